The lowest BCUT2D eigenvalue weighted by Crippen LogP contribution is -2.42. The lowest BCUT2D eigenvalue weighted by molar-refractivity contribution is -0.128. The van der Waals surface area contributed by atoms with Gasteiger partial charge in [-0.15, -0.1) is 0 Å². The van der Waals surface area contributed by atoms with Crippen molar-refractivity contribution in [2.24, 2.45) is 0 Å². The van der Waals surface area contributed by atoms with Gasteiger partial charge in [-0.2, -0.15) is 0 Å². The van der Waals surface area contributed by atoms with Crippen molar-refractivity contribution in [3.8, 4) is 5.75 Å². The minimum Gasteiger partial charge on any atom is -0.481 e. The molecule has 27 heavy (non-hydrogen) atoms. The Hall–Kier alpha value is -2.29. The zero-order valence-corrected chi connectivity index (χ0v) is 17.3. The molecule has 0 heterocycles. The van der Waals surface area contributed by atoms with Gasteiger partial charge in [0.1, 0.15) is 5.75 Å². The molecule has 0 aromatic heterocycles. The standard InChI is InChI=1S/C24H33NO2/c1-6-22(27-21-16-14-20(15-17-21)24(3,4)5)23(26)25-18(2)12-13-19-10-8-7-9-11-19/h7-11,14-18,22H,6,12-13H2,1-5H3,(H,25,26)/t18-,22+/m1/s1. The van der Waals surface area contributed by atoms with Gasteiger partial charge in [0, 0.05) is 6.04 Å². The van der Waals surface area contributed by atoms with Gasteiger partial charge < -0.3 is 10.1 Å². The second kappa shape index (κ2) is 9.59. The van der Waals surface area contributed by atoms with Gasteiger partial charge in [-0.3, -0.25) is 4.79 Å². The number of hydrogen-bond acceptors (Lipinski definition) is 2. The summed E-state index contributed by atoms with van der Waals surface area (Å²) in [5.74, 6) is 0.694. The highest BCUT2D eigenvalue weighted by atomic mass is 16.5. The number of aryl methyl sites for hydroxylation is 1. The number of carbonyl (C=O) groups is 1. The number of hydrogen-bond donors (Lipinski definition) is 1. The first-order chi connectivity index (χ1) is 12.8. The fourth-order valence-corrected chi connectivity index (χ4v) is 2.96. The highest BCUT2D eigenvalue weighted by molar-refractivity contribution is 5.81. The average Bonchev–Trinajstić information content (AvgIpc) is 2.65. The van der Waals surface area contributed by atoms with Crippen molar-refractivity contribution >= 4 is 5.91 Å². The first kappa shape index (κ1) is 21.0. The highest BCUT2D eigenvalue weighted by Crippen LogP contribution is 2.25. The van der Waals surface area contributed by atoms with Gasteiger partial charge in [-0.1, -0.05) is 70.2 Å². The van der Waals surface area contributed by atoms with Crippen LogP contribution in [0.15, 0.2) is 54.6 Å². The predicted molar refractivity (Wildman–Crippen MR) is 112 cm³/mol. The molecule has 2 aromatic carbocycles. The molecule has 0 aliphatic rings. The van der Waals surface area contributed by atoms with E-state index >= 15 is 0 Å². The number of ether oxygens (including phenoxy) is 1. The van der Waals surface area contributed by atoms with E-state index in [1.165, 1.54) is 11.1 Å². The van der Waals surface area contributed by atoms with Gasteiger partial charge in [-0.25, -0.2) is 0 Å². The lowest BCUT2D eigenvalue weighted by atomic mass is 9.87. The van der Waals surface area contributed by atoms with E-state index in [9.17, 15) is 4.79 Å². The number of rotatable bonds is 8. The Labute approximate surface area is 164 Å². The van der Waals surface area contributed by atoms with Crippen LogP contribution < -0.4 is 10.1 Å². The molecule has 0 radical (unpaired) electrons. The minimum atomic E-state index is -0.468. The second-order valence-electron chi connectivity index (χ2n) is 8.22. The lowest BCUT2D eigenvalue weighted by Gasteiger charge is -2.22. The molecule has 0 spiro atoms. The number of carbonyl (C=O) groups excluding carboxylic acids is 1. The Morgan fingerprint density at radius 1 is 1.04 bits per heavy atom. The second-order valence-corrected chi connectivity index (χ2v) is 8.22. The SMILES string of the molecule is CC[C@H](Oc1ccc(C(C)(C)C)cc1)C(=O)N[C@H](C)CCc1ccccc1. The Bertz CT molecular complexity index is 701. The largest absolute Gasteiger partial charge is 0.481 e. The summed E-state index contributed by atoms with van der Waals surface area (Å²) in [6, 6.07) is 18.5. The molecule has 2 atom stereocenters. The summed E-state index contributed by atoms with van der Waals surface area (Å²) in [5, 5.41) is 3.09. The van der Waals surface area contributed by atoms with Gasteiger partial charge in [-0.05, 0) is 54.9 Å². The van der Waals surface area contributed by atoms with Crippen molar-refractivity contribution in [1.29, 1.82) is 0 Å². The van der Waals surface area contributed by atoms with Crippen LogP contribution in [0.4, 0.5) is 0 Å². The maximum absolute atomic E-state index is 12.6. The first-order valence-electron chi connectivity index (χ1n) is 9.91. The molecule has 146 valence electrons. The van der Waals surface area contributed by atoms with Crippen LogP contribution in [0.2, 0.25) is 0 Å². The van der Waals surface area contributed by atoms with E-state index in [1.807, 2.05) is 44.2 Å². The maximum atomic E-state index is 12.6. The molecule has 3 nitrogen and oxygen atoms in total. The van der Waals surface area contributed by atoms with Crippen LogP contribution >= 0.6 is 0 Å². The van der Waals surface area contributed by atoms with Crippen molar-refractivity contribution < 1.29 is 9.53 Å². The fraction of sp³-hybridized carbons (Fsp3) is 0.458. The Morgan fingerprint density at radius 2 is 1.67 bits per heavy atom. The van der Waals surface area contributed by atoms with E-state index in [1.54, 1.807) is 0 Å². The molecule has 1 N–H and O–H groups in total. The molecule has 0 aliphatic heterocycles. The zero-order valence-electron chi connectivity index (χ0n) is 17.3. The number of nitrogens with one attached hydrogen (secondary N) is 1. The summed E-state index contributed by atoms with van der Waals surface area (Å²) < 4.78 is 5.94. The molecule has 0 unspecified atom stereocenters. The van der Waals surface area contributed by atoms with Crippen LogP contribution in [0, 0.1) is 0 Å². The quantitative estimate of drug-likeness (QED) is 0.689. The van der Waals surface area contributed by atoms with Crippen molar-refractivity contribution in [2.75, 3.05) is 0 Å². The predicted octanol–water partition coefficient (Wildman–Crippen LogP) is 5.28. The Kier molecular flexibility index (Phi) is 7.46. The smallest absolute Gasteiger partial charge is 0.261 e. The normalized spacial score (nSPS) is 13.7. The molecule has 0 fully saturated rings. The van der Waals surface area contributed by atoms with Crippen LogP contribution in [-0.4, -0.2) is 18.1 Å². The summed E-state index contributed by atoms with van der Waals surface area (Å²) in [6.45, 7) is 10.6. The minimum absolute atomic E-state index is 0.0436. The van der Waals surface area contributed by atoms with Gasteiger partial charge >= 0.3 is 0 Å². The van der Waals surface area contributed by atoms with Crippen LogP contribution in [-0.2, 0) is 16.6 Å². The average molecular weight is 368 g/mol. The van der Waals surface area contributed by atoms with E-state index < -0.39 is 6.10 Å². The van der Waals surface area contributed by atoms with E-state index in [4.69, 9.17) is 4.74 Å². The summed E-state index contributed by atoms with van der Waals surface area (Å²) >= 11 is 0. The van der Waals surface area contributed by atoms with Crippen molar-refractivity contribution in [1.82, 2.24) is 5.32 Å². The van der Waals surface area contributed by atoms with Gasteiger partial charge in [0.25, 0.3) is 5.91 Å². The van der Waals surface area contributed by atoms with Crippen LogP contribution in [0.1, 0.15) is 58.6 Å². The third-order valence-electron chi connectivity index (χ3n) is 4.76. The molecule has 0 saturated carbocycles. The molecule has 2 aromatic rings. The molecular formula is C24H33NO2. The molecule has 0 saturated heterocycles. The maximum Gasteiger partial charge on any atom is 0.261 e. The monoisotopic (exact) mass is 367 g/mol. The first-order valence-corrected chi connectivity index (χ1v) is 9.91. The third kappa shape index (κ3) is 6.74. The molecule has 0 bridgehead atoms. The Morgan fingerprint density at radius 3 is 2.22 bits per heavy atom. The highest BCUT2D eigenvalue weighted by Gasteiger charge is 2.20. The zero-order chi connectivity index (χ0) is 19.9. The molecule has 0 aliphatic carbocycles. The third-order valence-corrected chi connectivity index (χ3v) is 4.76. The van der Waals surface area contributed by atoms with E-state index in [0.29, 0.717) is 6.42 Å². The van der Waals surface area contributed by atoms with Crippen molar-refractivity contribution in [2.45, 2.75) is 71.4 Å². The fourth-order valence-electron chi connectivity index (χ4n) is 2.96. The Balaban J connectivity index is 1.87. The molecule has 3 heteroatoms. The van der Waals surface area contributed by atoms with Crippen molar-refractivity contribution in [3.05, 3.63) is 65.7 Å². The topological polar surface area (TPSA) is 38.3 Å². The molecule has 1 amide bonds. The van der Waals surface area contributed by atoms with E-state index in [0.717, 1.165) is 18.6 Å². The summed E-state index contributed by atoms with van der Waals surface area (Å²) in [5.41, 5.74) is 2.65. The molecule has 2 rings (SSSR count). The summed E-state index contributed by atoms with van der Waals surface area (Å²) in [4.78, 5) is 12.6. The summed E-state index contributed by atoms with van der Waals surface area (Å²) in [6.07, 6.45) is 2.03. The summed E-state index contributed by atoms with van der Waals surface area (Å²) in [7, 11) is 0. The number of benzene rings is 2. The number of amides is 1. The van der Waals surface area contributed by atoms with Gasteiger partial charge in [0.2, 0.25) is 0 Å². The van der Waals surface area contributed by atoms with Crippen LogP contribution in [0.25, 0.3) is 0 Å². The van der Waals surface area contributed by atoms with Crippen LogP contribution in [0.3, 0.4) is 0 Å². The van der Waals surface area contributed by atoms with Crippen LogP contribution in [0.5, 0.6) is 5.75 Å². The van der Waals surface area contributed by atoms with Crippen molar-refractivity contribution in [3.63, 3.8) is 0 Å². The van der Waals surface area contributed by atoms with E-state index in [-0.39, 0.29) is 17.4 Å². The van der Waals surface area contributed by atoms with E-state index in [2.05, 4.69) is 50.4 Å². The van der Waals surface area contributed by atoms with Gasteiger partial charge in [0.05, 0.1) is 0 Å². The molecular weight excluding hydrogens is 334 g/mol. The van der Waals surface area contributed by atoms with Gasteiger partial charge in [0.15, 0.2) is 6.10 Å².